The molecule has 1 unspecified atom stereocenters. The summed E-state index contributed by atoms with van der Waals surface area (Å²) in [5, 5.41) is 3.52. The van der Waals surface area contributed by atoms with Crippen molar-refractivity contribution in [1.82, 2.24) is 5.32 Å². The highest BCUT2D eigenvalue weighted by Crippen LogP contribution is 2.31. The van der Waals surface area contributed by atoms with Crippen LogP contribution in [-0.2, 0) is 9.84 Å². The van der Waals surface area contributed by atoms with Crippen molar-refractivity contribution in [2.75, 3.05) is 24.3 Å². The monoisotopic (exact) mass is 313 g/mol. The Morgan fingerprint density at radius 1 is 1.25 bits per heavy atom. The molecule has 0 saturated carbocycles. The highest BCUT2D eigenvalue weighted by molar-refractivity contribution is 7.98. The number of fused-ring (bicyclic) bond motifs is 1. The first kappa shape index (κ1) is 15.9. The molecule has 0 amide bonds. The van der Waals surface area contributed by atoms with E-state index < -0.39 is 9.84 Å². The molecule has 3 nitrogen and oxygen atoms in total. The molecule has 1 atom stereocenters. The first-order valence-electron chi connectivity index (χ1n) is 7.19. The first-order chi connectivity index (χ1) is 9.65. The summed E-state index contributed by atoms with van der Waals surface area (Å²) in [5.74, 6) is 1.48. The van der Waals surface area contributed by atoms with Gasteiger partial charge in [-0.3, -0.25) is 0 Å². The minimum atomic E-state index is -3.06. The molecule has 0 radical (unpaired) electrons. The molecule has 5 heteroatoms. The minimum Gasteiger partial charge on any atom is -0.310 e. The summed E-state index contributed by atoms with van der Waals surface area (Å²) in [7, 11) is -3.06. The zero-order chi connectivity index (χ0) is 14.4. The van der Waals surface area contributed by atoms with E-state index in [4.69, 9.17) is 0 Å². The van der Waals surface area contributed by atoms with Crippen LogP contribution in [0.25, 0.3) is 0 Å². The van der Waals surface area contributed by atoms with Crippen LogP contribution in [0, 0.1) is 0 Å². The van der Waals surface area contributed by atoms with E-state index in [1.807, 2.05) is 23.9 Å². The Balaban J connectivity index is 1.91. The lowest BCUT2D eigenvalue weighted by molar-refractivity contribution is 0.481. The molecule has 1 aromatic carbocycles. The van der Waals surface area contributed by atoms with E-state index in [-0.39, 0.29) is 11.8 Å². The van der Waals surface area contributed by atoms with E-state index in [0.717, 1.165) is 18.5 Å². The van der Waals surface area contributed by atoms with Crippen molar-refractivity contribution in [2.24, 2.45) is 0 Å². The lowest BCUT2D eigenvalue weighted by Crippen LogP contribution is -2.30. The molecular weight excluding hydrogens is 290 g/mol. The van der Waals surface area contributed by atoms with Crippen molar-refractivity contribution in [3.63, 3.8) is 0 Å². The fraction of sp³-hybridized carbons (Fsp3) is 0.600. The summed E-state index contributed by atoms with van der Waals surface area (Å²) in [6.45, 7) is 0.966. The molecule has 0 saturated heterocycles. The highest BCUT2D eigenvalue weighted by atomic mass is 32.2. The van der Waals surface area contributed by atoms with Crippen LogP contribution < -0.4 is 5.32 Å². The topological polar surface area (TPSA) is 46.2 Å². The third kappa shape index (κ3) is 3.99. The van der Waals surface area contributed by atoms with Crippen molar-refractivity contribution in [3.8, 4) is 0 Å². The first-order valence-corrected chi connectivity index (χ1v) is 10.2. The van der Waals surface area contributed by atoms with Crippen LogP contribution in [0.15, 0.2) is 29.2 Å². The Kier molecular flexibility index (Phi) is 5.93. The normalized spacial score (nSPS) is 20.6. The smallest absolute Gasteiger partial charge is 0.178 e. The summed E-state index contributed by atoms with van der Waals surface area (Å²) in [4.78, 5) is 0.520. The molecule has 1 aromatic rings. The maximum absolute atomic E-state index is 12.0. The second-order valence-electron chi connectivity index (χ2n) is 5.21. The van der Waals surface area contributed by atoms with E-state index in [9.17, 15) is 8.42 Å². The fourth-order valence-corrected chi connectivity index (χ4v) is 4.74. The molecule has 1 aliphatic rings. The second-order valence-corrected chi connectivity index (χ2v) is 8.27. The van der Waals surface area contributed by atoms with Gasteiger partial charge in [0.05, 0.1) is 10.6 Å². The van der Waals surface area contributed by atoms with Gasteiger partial charge in [-0.25, -0.2) is 8.42 Å². The molecule has 20 heavy (non-hydrogen) atoms. The van der Waals surface area contributed by atoms with Crippen LogP contribution in [-0.4, -0.2) is 32.7 Å². The summed E-state index contributed by atoms with van der Waals surface area (Å²) in [6, 6.07) is 7.60. The molecular formula is C15H23NO2S2. The summed E-state index contributed by atoms with van der Waals surface area (Å²) < 4.78 is 24.1. The SMILES string of the molecule is CSCCCCCNC1CCS(=O)(=O)c2ccccc21. The van der Waals surface area contributed by atoms with Crippen LogP contribution in [0.3, 0.4) is 0 Å². The average molecular weight is 313 g/mol. The summed E-state index contributed by atoms with van der Waals surface area (Å²) in [6.07, 6.45) is 6.48. The standard InChI is InChI=1S/C15H23NO2S2/c1-19-11-6-2-5-10-16-14-9-12-20(17,18)15-8-4-3-7-13(14)15/h3-4,7-8,14,16H,2,5-6,9-12H2,1H3. The summed E-state index contributed by atoms with van der Waals surface area (Å²) >= 11 is 1.89. The van der Waals surface area contributed by atoms with Gasteiger partial charge in [0.15, 0.2) is 9.84 Å². The number of benzene rings is 1. The highest BCUT2D eigenvalue weighted by Gasteiger charge is 2.29. The number of rotatable bonds is 7. The number of hydrogen-bond acceptors (Lipinski definition) is 4. The van der Waals surface area contributed by atoms with Crippen molar-refractivity contribution < 1.29 is 8.42 Å². The van der Waals surface area contributed by atoms with Crippen molar-refractivity contribution in [2.45, 2.75) is 36.6 Å². The molecule has 112 valence electrons. The minimum absolute atomic E-state index is 0.190. The Bertz CT molecular complexity index is 528. The Morgan fingerprint density at radius 3 is 2.85 bits per heavy atom. The van der Waals surface area contributed by atoms with Crippen molar-refractivity contribution in [1.29, 1.82) is 0 Å². The van der Waals surface area contributed by atoms with Crippen LogP contribution in [0.2, 0.25) is 0 Å². The lowest BCUT2D eigenvalue weighted by atomic mass is 10.0. The fourth-order valence-electron chi connectivity index (χ4n) is 2.63. The van der Waals surface area contributed by atoms with E-state index >= 15 is 0 Å². The lowest BCUT2D eigenvalue weighted by Gasteiger charge is -2.26. The number of sulfone groups is 1. The van der Waals surface area contributed by atoms with Gasteiger partial charge in [0.1, 0.15) is 0 Å². The van der Waals surface area contributed by atoms with E-state index in [0.29, 0.717) is 11.3 Å². The predicted octanol–water partition coefficient (Wildman–Crippen LogP) is 3.03. The Hall–Kier alpha value is -0.520. The zero-order valence-electron chi connectivity index (χ0n) is 12.0. The average Bonchev–Trinajstić information content (AvgIpc) is 2.45. The van der Waals surface area contributed by atoms with Gasteiger partial charge in [0.2, 0.25) is 0 Å². The molecule has 0 aromatic heterocycles. The van der Waals surface area contributed by atoms with Gasteiger partial charge in [-0.05, 0) is 49.4 Å². The molecule has 0 spiro atoms. The van der Waals surface area contributed by atoms with E-state index in [2.05, 4.69) is 11.6 Å². The van der Waals surface area contributed by atoms with Gasteiger partial charge in [-0.1, -0.05) is 24.6 Å². The number of thioether (sulfide) groups is 1. The van der Waals surface area contributed by atoms with Gasteiger partial charge in [0, 0.05) is 6.04 Å². The van der Waals surface area contributed by atoms with Gasteiger partial charge in [-0.2, -0.15) is 11.8 Å². The second kappa shape index (κ2) is 7.48. The molecule has 0 bridgehead atoms. The predicted molar refractivity (Wildman–Crippen MR) is 86.1 cm³/mol. The number of unbranched alkanes of at least 4 members (excludes halogenated alkanes) is 2. The largest absolute Gasteiger partial charge is 0.310 e. The summed E-state index contributed by atoms with van der Waals surface area (Å²) in [5.41, 5.74) is 0.947. The Labute approximate surface area is 126 Å². The Morgan fingerprint density at radius 2 is 2.05 bits per heavy atom. The maximum atomic E-state index is 12.0. The molecule has 0 fully saturated rings. The third-order valence-corrected chi connectivity index (χ3v) is 6.23. The van der Waals surface area contributed by atoms with Crippen molar-refractivity contribution in [3.05, 3.63) is 29.8 Å². The van der Waals surface area contributed by atoms with E-state index in [1.165, 1.54) is 18.6 Å². The quantitative estimate of drug-likeness (QED) is 0.786. The number of nitrogens with one attached hydrogen (secondary N) is 1. The maximum Gasteiger partial charge on any atom is 0.178 e. The molecule has 1 N–H and O–H groups in total. The van der Waals surface area contributed by atoms with Gasteiger partial charge < -0.3 is 5.32 Å². The van der Waals surface area contributed by atoms with Crippen LogP contribution >= 0.6 is 11.8 Å². The zero-order valence-corrected chi connectivity index (χ0v) is 13.6. The molecule has 2 rings (SSSR count). The molecule has 1 heterocycles. The third-order valence-electron chi connectivity index (χ3n) is 3.72. The molecule has 1 aliphatic heterocycles. The van der Waals surface area contributed by atoms with Gasteiger partial charge in [0.25, 0.3) is 0 Å². The van der Waals surface area contributed by atoms with Crippen LogP contribution in [0.5, 0.6) is 0 Å². The van der Waals surface area contributed by atoms with Crippen molar-refractivity contribution >= 4 is 21.6 Å². The van der Waals surface area contributed by atoms with Gasteiger partial charge >= 0.3 is 0 Å². The number of hydrogen-bond donors (Lipinski definition) is 1. The van der Waals surface area contributed by atoms with Crippen LogP contribution in [0.1, 0.15) is 37.3 Å². The van der Waals surface area contributed by atoms with E-state index in [1.54, 1.807) is 12.1 Å². The van der Waals surface area contributed by atoms with Crippen LogP contribution in [0.4, 0.5) is 0 Å². The van der Waals surface area contributed by atoms with Gasteiger partial charge in [-0.15, -0.1) is 0 Å². The molecule has 0 aliphatic carbocycles.